The van der Waals surface area contributed by atoms with Gasteiger partial charge in [-0.1, -0.05) is 31.9 Å². The van der Waals surface area contributed by atoms with Crippen LogP contribution < -0.4 is 5.43 Å². The van der Waals surface area contributed by atoms with Crippen LogP contribution in [0.4, 0.5) is 0 Å². The van der Waals surface area contributed by atoms with Gasteiger partial charge >= 0.3 is 0 Å². The average molecular weight is 445 g/mol. The number of nitrogens with zero attached hydrogens (tertiary/aromatic N) is 1. The van der Waals surface area contributed by atoms with E-state index in [0.29, 0.717) is 0 Å². The molecule has 17 heavy (non-hydrogen) atoms. The molecule has 0 aromatic carbocycles. The van der Waals surface area contributed by atoms with Crippen LogP contribution in [0.15, 0.2) is 21.0 Å². The maximum atomic E-state index is 11.8. The van der Waals surface area contributed by atoms with Gasteiger partial charge in [0.2, 0.25) is 5.91 Å². The number of rotatable bonds is 3. The van der Waals surface area contributed by atoms with E-state index in [9.17, 15) is 4.79 Å². The van der Waals surface area contributed by atoms with Crippen molar-refractivity contribution >= 4 is 71.2 Å². The number of thiophene rings is 1. The summed E-state index contributed by atoms with van der Waals surface area (Å²) in [6.45, 7) is 1.89. The first-order valence-electron chi connectivity index (χ1n) is 4.82. The maximum absolute atomic E-state index is 11.8. The fraction of sp³-hybridized carbons (Fsp3) is 0.400. The normalized spacial score (nSPS) is 26.1. The number of hydrogen-bond donors (Lipinski definition) is 1. The molecule has 0 bridgehead atoms. The standard InChI is InChI=1S/C10H9Br3N2OS/c1-9(5-10(9,12)13)8(16)15-14-4-6-2-3-7(11)17-6/h2-4H,5H2,1H3,(H,15,16)/b14-4-. The van der Waals surface area contributed by atoms with Crippen LogP contribution in [-0.2, 0) is 4.79 Å². The monoisotopic (exact) mass is 442 g/mol. The van der Waals surface area contributed by atoms with Crippen molar-refractivity contribution in [3.05, 3.63) is 20.8 Å². The zero-order valence-corrected chi connectivity index (χ0v) is 14.4. The first-order valence-corrected chi connectivity index (χ1v) is 8.01. The van der Waals surface area contributed by atoms with Gasteiger partial charge in [-0.3, -0.25) is 4.79 Å². The van der Waals surface area contributed by atoms with E-state index in [1.54, 1.807) is 17.6 Å². The molecule has 1 saturated carbocycles. The molecule has 1 aliphatic carbocycles. The van der Waals surface area contributed by atoms with Gasteiger partial charge in [-0.15, -0.1) is 11.3 Å². The molecule has 7 heteroatoms. The van der Waals surface area contributed by atoms with E-state index in [0.717, 1.165) is 15.1 Å². The highest BCUT2D eigenvalue weighted by Gasteiger charge is 2.66. The number of hydrogen-bond acceptors (Lipinski definition) is 3. The van der Waals surface area contributed by atoms with Crippen LogP contribution in [0.3, 0.4) is 0 Å². The fourth-order valence-corrected chi connectivity index (χ4v) is 4.10. The van der Waals surface area contributed by atoms with Gasteiger partial charge in [0.1, 0.15) is 0 Å². The molecule has 0 saturated heterocycles. The Morgan fingerprint density at radius 3 is 2.71 bits per heavy atom. The SMILES string of the molecule is CC1(C(=O)N/N=C\c2ccc(Br)s2)CC1(Br)Br. The van der Waals surface area contributed by atoms with Crippen LogP contribution >= 0.6 is 59.1 Å². The smallest absolute Gasteiger partial charge is 0.248 e. The molecule has 0 radical (unpaired) electrons. The first kappa shape index (κ1) is 13.7. The molecular formula is C10H9Br3N2OS. The van der Waals surface area contributed by atoms with Crippen molar-refractivity contribution in [2.24, 2.45) is 10.5 Å². The Hall–Kier alpha value is 0.280. The molecule has 3 nitrogen and oxygen atoms in total. The Kier molecular flexibility index (Phi) is 3.83. The number of carbonyl (C=O) groups is 1. The highest BCUT2D eigenvalue weighted by Crippen LogP contribution is 2.66. The lowest BCUT2D eigenvalue weighted by molar-refractivity contribution is -0.125. The molecule has 1 N–H and O–H groups in total. The molecule has 2 rings (SSSR count). The quantitative estimate of drug-likeness (QED) is 0.429. The van der Waals surface area contributed by atoms with Crippen molar-refractivity contribution in [1.82, 2.24) is 5.43 Å². The van der Waals surface area contributed by atoms with E-state index in [1.807, 2.05) is 19.1 Å². The maximum Gasteiger partial charge on any atom is 0.248 e. The van der Waals surface area contributed by atoms with Gasteiger partial charge in [-0.05, 0) is 41.4 Å². The number of carbonyl (C=O) groups excluding carboxylic acids is 1. The fourth-order valence-electron chi connectivity index (χ4n) is 1.32. The third-order valence-corrected chi connectivity index (χ3v) is 6.58. The Morgan fingerprint density at radius 2 is 2.24 bits per heavy atom. The molecule has 1 aliphatic rings. The second-order valence-corrected chi connectivity index (χ2v) is 10.3. The third-order valence-electron chi connectivity index (χ3n) is 2.71. The van der Waals surface area contributed by atoms with Crippen molar-refractivity contribution in [2.75, 3.05) is 0 Å². The lowest BCUT2D eigenvalue weighted by Crippen LogP contribution is -2.29. The predicted octanol–water partition coefficient (Wildman–Crippen LogP) is 3.86. The topological polar surface area (TPSA) is 41.5 Å². The molecule has 0 aliphatic heterocycles. The van der Waals surface area contributed by atoms with Gasteiger partial charge in [0.25, 0.3) is 0 Å². The summed E-state index contributed by atoms with van der Waals surface area (Å²) >= 11 is 11.8. The largest absolute Gasteiger partial charge is 0.272 e. The summed E-state index contributed by atoms with van der Waals surface area (Å²) < 4.78 is 0.762. The first-order chi connectivity index (χ1) is 7.85. The predicted molar refractivity (Wildman–Crippen MR) is 81.1 cm³/mol. The summed E-state index contributed by atoms with van der Waals surface area (Å²) in [6, 6.07) is 3.88. The second kappa shape index (κ2) is 4.75. The highest BCUT2D eigenvalue weighted by molar-refractivity contribution is 9.25. The molecule has 1 fully saturated rings. The van der Waals surface area contributed by atoms with E-state index in [4.69, 9.17) is 0 Å². The van der Waals surface area contributed by atoms with E-state index in [1.165, 1.54) is 0 Å². The second-order valence-electron chi connectivity index (χ2n) is 4.05. The minimum absolute atomic E-state index is 0.0851. The van der Waals surface area contributed by atoms with E-state index in [-0.39, 0.29) is 9.14 Å². The number of nitrogens with one attached hydrogen (secondary N) is 1. The third kappa shape index (κ3) is 2.83. The van der Waals surface area contributed by atoms with Gasteiger partial charge < -0.3 is 0 Å². The number of halogens is 3. The van der Waals surface area contributed by atoms with Crippen LogP contribution in [0.2, 0.25) is 0 Å². The molecule has 92 valence electrons. The molecule has 1 amide bonds. The number of hydrazone groups is 1. The van der Waals surface area contributed by atoms with Crippen molar-refractivity contribution in [1.29, 1.82) is 0 Å². The summed E-state index contributed by atoms with van der Waals surface area (Å²) in [5.41, 5.74) is 2.13. The Balaban J connectivity index is 1.91. The Morgan fingerprint density at radius 1 is 1.59 bits per heavy atom. The van der Waals surface area contributed by atoms with Crippen molar-refractivity contribution < 1.29 is 4.79 Å². The van der Waals surface area contributed by atoms with Gasteiger partial charge in [0.15, 0.2) is 0 Å². The average Bonchev–Trinajstić information content (AvgIpc) is 2.58. The Bertz CT molecular complexity index is 486. The van der Waals surface area contributed by atoms with Gasteiger partial charge in [-0.25, -0.2) is 5.43 Å². The molecule has 1 atom stereocenters. The minimum atomic E-state index is -0.430. The van der Waals surface area contributed by atoms with Crippen LogP contribution in [0, 0.1) is 5.41 Å². The van der Waals surface area contributed by atoms with E-state index in [2.05, 4.69) is 58.3 Å². The van der Waals surface area contributed by atoms with Gasteiger partial charge in [-0.2, -0.15) is 5.10 Å². The summed E-state index contributed by atoms with van der Waals surface area (Å²) in [7, 11) is 0. The lowest BCUT2D eigenvalue weighted by atomic mass is 10.1. The molecule has 1 unspecified atom stereocenters. The highest BCUT2D eigenvalue weighted by atomic mass is 79.9. The van der Waals surface area contributed by atoms with Gasteiger partial charge in [0.05, 0.1) is 18.6 Å². The summed E-state index contributed by atoms with van der Waals surface area (Å²) in [4.78, 5) is 12.8. The summed E-state index contributed by atoms with van der Waals surface area (Å²) in [5, 5.41) is 3.95. The van der Waals surface area contributed by atoms with E-state index >= 15 is 0 Å². The Labute approximate surface area is 128 Å². The molecule has 1 heterocycles. The zero-order chi connectivity index (χ0) is 12.7. The zero-order valence-electron chi connectivity index (χ0n) is 8.84. The van der Waals surface area contributed by atoms with Crippen LogP contribution in [0.1, 0.15) is 18.2 Å². The minimum Gasteiger partial charge on any atom is -0.272 e. The molecule has 1 aromatic rings. The van der Waals surface area contributed by atoms with Crippen LogP contribution in [0.5, 0.6) is 0 Å². The molecular weight excluding hydrogens is 436 g/mol. The van der Waals surface area contributed by atoms with Crippen LogP contribution in [-0.4, -0.2) is 15.4 Å². The lowest BCUT2D eigenvalue weighted by Gasteiger charge is -2.09. The van der Waals surface area contributed by atoms with Crippen LogP contribution in [0.25, 0.3) is 0 Å². The number of amides is 1. The summed E-state index contributed by atoms with van der Waals surface area (Å²) in [5.74, 6) is -0.0851. The van der Waals surface area contributed by atoms with Crippen molar-refractivity contribution in [3.8, 4) is 0 Å². The summed E-state index contributed by atoms with van der Waals surface area (Å²) in [6.07, 6.45) is 2.40. The van der Waals surface area contributed by atoms with Crippen molar-refractivity contribution in [3.63, 3.8) is 0 Å². The molecule has 0 spiro atoms. The number of alkyl halides is 2. The van der Waals surface area contributed by atoms with E-state index < -0.39 is 5.41 Å². The van der Waals surface area contributed by atoms with Gasteiger partial charge in [0, 0.05) is 4.88 Å². The molecule has 1 aromatic heterocycles. The van der Waals surface area contributed by atoms with Crippen molar-refractivity contribution in [2.45, 2.75) is 16.6 Å².